The van der Waals surface area contributed by atoms with Gasteiger partial charge in [-0.15, -0.1) is 0 Å². The number of aromatic nitrogens is 1. The number of piperidine rings is 1. The first-order valence-electron chi connectivity index (χ1n) is 10.5. The Morgan fingerprint density at radius 1 is 1.40 bits per heavy atom. The third-order valence-electron chi connectivity index (χ3n) is 6.97. The van der Waals surface area contributed by atoms with Gasteiger partial charge in [-0.3, -0.25) is 9.69 Å². The zero-order valence-corrected chi connectivity index (χ0v) is 17.3. The van der Waals surface area contributed by atoms with Crippen LogP contribution < -0.4 is 4.74 Å². The van der Waals surface area contributed by atoms with E-state index >= 15 is 0 Å². The molecule has 1 N–H and O–H groups in total. The number of carbonyl (C=O) groups excluding carboxylic acids is 1. The summed E-state index contributed by atoms with van der Waals surface area (Å²) in [5, 5.41) is 1.31. The molecule has 0 aliphatic carbocycles. The number of allylic oxidation sites excluding steroid dienone is 3. The molecule has 0 radical (unpaired) electrons. The number of ether oxygens (including phenoxy) is 2. The van der Waals surface area contributed by atoms with Crippen molar-refractivity contribution in [1.29, 1.82) is 0 Å². The fourth-order valence-electron chi connectivity index (χ4n) is 5.44. The minimum absolute atomic E-state index is 0. The molecule has 3 unspecified atom stereocenters. The first-order chi connectivity index (χ1) is 14.0. The molecular formula is C25H40N2O3. The summed E-state index contributed by atoms with van der Waals surface area (Å²) >= 11 is 0. The second kappa shape index (κ2) is 7.95. The van der Waals surface area contributed by atoms with E-state index in [0.29, 0.717) is 17.9 Å². The molecule has 3 aliphatic heterocycles. The van der Waals surface area contributed by atoms with Crippen LogP contribution in [0.4, 0.5) is 0 Å². The van der Waals surface area contributed by atoms with Gasteiger partial charge in [-0.25, -0.2) is 0 Å². The third kappa shape index (κ3) is 3.35. The number of rotatable bonds is 3. The first-order valence-corrected chi connectivity index (χ1v) is 10.5. The molecule has 5 heteroatoms. The molecule has 30 heavy (non-hydrogen) atoms. The van der Waals surface area contributed by atoms with Crippen LogP contribution in [0.15, 0.2) is 42.2 Å². The number of fused-ring (bicyclic) bond motifs is 6. The van der Waals surface area contributed by atoms with Gasteiger partial charge in [0.1, 0.15) is 5.75 Å². The largest absolute Gasteiger partial charge is 0.498 e. The lowest BCUT2D eigenvalue weighted by atomic mass is 9.72. The van der Waals surface area contributed by atoms with Gasteiger partial charge in [0, 0.05) is 47.4 Å². The highest BCUT2D eigenvalue weighted by atomic mass is 16.5. The third-order valence-corrected chi connectivity index (χ3v) is 6.97. The zero-order valence-electron chi connectivity index (χ0n) is 17.3. The Bertz CT molecular complexity index is 1040. The summed E-state index contributed by atoms with van der Waals surface area (Å²) in [6, 6.07) is 6.70. The van der Waals surface area contributed by atoms with Gasteiger partial charge in [-0.05, 0) is 62.0 Å². The summed E-state index contributed by atoms with van der Waals surface area (Å²) in [7, 11) is 1.71. The molecule has 5 nitrogen and oxygen atoms in total. The number of carbonyl (C=O) groups is 1. The number of aromatic amines is 1. The Balaban J connectivity index is 0.00000218. The average molecular weight is 417 g/mol. The minimum atomic E-state index is 0. The van der Waals surface area contributed by atoms with E-state index < -0.39 is 0 Å². The highest BCUT2D eigenvalue weighted by molar-refractivity contribution is 5.88. The van der Waals surface area contributed by atoms with Gasteiger partial charge in [-0.1, -0.05) is 13.5 Å². The van der Waals surface area contributed by atoms with Crippen LogP contribution in [0.25, 0.3) is 10.9 Å². The van der Waals surface area contributed by atoms with E-state index in [1.165, 1.54) is 16.6 Å². The molecule has 5 rings (SSSR count). The van der Waals surface area contributed by atoms with Gasteiger partial charge in [0.2, 0.25) is 0 Å². The van der Waals surface area contributed by atoms with Crippen molar-refractivity contribution in [1.82, 2.24) is 9.88 Å². The van der Waals surface area contributed by atoms with E-state index in [4.69, 9.17) is 9.47 Å². The van der Waals surface area contributed by atoms with Gasteiger partial charge in [0.25, 0.3) is 0 Å². The summed E-state index contributed by atoms with van der Waals surface area (Å²) in [5.74, 6) is 1.81. The second-order valence-electron chi connectivity index (χ2n) is 8.60. The normalized spacial score (nSPS) is 28.0. The Morgan fingerprint density at radius 3 is 3.00 bits per heavy atom. The van der Waals surface area contributed by atoms with Crippen LogP contribution in [-0.2, 0) is 16.0 Å². The SMILES string of the molecule is C.COc1ccc2c3c([nH]c2c1)C1CC2C(/C=C\C(C)=O)=CO[C@H](C)C2CN1CC3.[HH].[HH].[HH].[HH]. The average Bonchev–Trinajstić information content (AvgIpc) is 3.10. The molecule has 0 spiro atoms. The van der Waals surface area contributed by atoms with Crippen LogP contribution in [0.3, 0.4) is 0 Å². The number of methoxy groups -OCH3 is 1. The van der Waals surface area contributed by atoms with E-state index in [0.717, 1.165) is 42.8 Å². The molecule has 1 aromatic carbocycles. The van der Waals surface area contributed by atoms with Crippen molar-refractivity contribution >= 4 is 16.7 Å². The van der Waals surface area contributed by atoms with Crippen LogP contribution in [0.1, 0.15) is 50.7 Å². The summed E-state index contributed by atoms with van der Waals surface area (Å²) in [5.41, 5.74) is 5.11. The zero-order chi connectivity index (χ0) is 20.1. The van der Waals surface area contributed by atoms with Crippen molar-refractivity contribution in [2.75, 3.05) is 20.2 Å². The topological polar surface area (TPSA) is 54.6 Å². The van der Waals surface area contributed by atoms with Crippen molar-refractivity contribution in [3.63, 3.8) is 0 Å². The van der Waals surface area contributed by atoms with E-state index in [1.54, 1.807) is 20.1 Å². The number of nitrogens with zero attached hydrogens (tertiary/aromatic N) is 1. The van der Waals surface area contributed by atoms with E-state index in [2.05, 4.69) is 28.9 Å². The van der Waals surface area contributed by atoms with Crippen LogP contribution >= 0.6 is 0 Å². The van der Waals surface area contributed by atoms with Crippen molar-refractivity contribution in [2.45, 2.75) is 46.3 Å². The van der Waals surface area contributed by atoms with Crippen LogP contribution in [0.2, 0.25) is 0 Å². The van der Waals surface area contributed by atoms with E-state index in [1.807, 2.05) is 18.4 Å². The molecule has 168 valence electrons. The summed E-state index contributed by atoms with van der Waals surface area (Å²) in [6.07, 6.45) is 7.81. The standard InChI is InChI=1S/C24H28N2O3.CH4.4H2/c1-14(27)4-5-16-13-29-15(2)21-12-26-9-8-19-18-7-6-17(28-3)10-22(18)25-24(19)23(26)11-20(16)21;;;;;/h4-7,10,13,15,20-21,23,25H,8-9,11-12H2,1-3H3;1H4;4*1H/b5-4-;;;;;/t15-,20?,21?,23?;;;;;/m1...../s1. The monoisotopic (exact) mass is 416 g/mol. The van der Waals surface area contributed by atoms with Crippen molar-refractivity contribution in [2.24, 2.45) is 11.8 Å². The molecule has 3 aliphatic rings. The molecule has 1 fully saturated rings. The van der Waals surface area contributed by atoms with Gasteiger partial charge in [0.15, 0.2) is 5.78 Å². The lowest BCUT2D eigenvalue weighted by molar-refractivity contribution is -0.112. The molecule has 4 atom stereocenters. The van der Waals surface area contributed by atoms with E-state index in [9.17, 15) is 4.79 Å². The maximum atomic E-state index is 11.5. The van der Waals surface area contributed by atoms with Crippen LogP contribution in [0.5, 0.6) is 5.75 Å². The number of H-pyrrole nitrogens is 1. The lowest BCUT2D eigenvalue weighted by Crippen LogP contribution is -2.50. The van der Waals surface area contributed by atoms with Gasteiger partial charge >= 0.3 is 0 Å². The number of hydrogen-bond donors (Lipinski definition) is 1. The maximum Gasteiger partial charge on any atom is 0.152 e. The summed E-state index contributed by atoms with van der Waals surface area (Å²) < 4.78 is 11.4. The number of ketones is 1. The predicted octanol–water partition coefficient (Wildman–Crippen LogP) is 5.78. The maximum absolute atomic E-state index is 11.5. The predicted molar refractivity (Wildman–Crippen MR) is 128 cm³/mol. The Kier molecular flexibility index (Phi) is 5.49. The van der Waals surface area contributed by atoms with Crippen molar-refractivity contribution in [3.8, 4) is 5.75 Å². The molecule has 1 saturated heterocycles. The molecule has 0 bridgehead atoms. The summed E-state index contributed by atoms with van der Waals surface area (Å²) in [4.78, 5) is 17.8. The molecule has 0 saturated carbocycles. The highest BCUT2D eigenvalue weighted by Gasteiger charge is 2.44. The highest BCUT2D eigenvalue weighted by Crippen LogP contribution is 2.47. The molecular weight excluding hydrogens is 376 g/mol. The number of nitrogens with one attached hydrogen (secondary N) is 1. The Labute approximate surface area is 184 Å². The fraction of sp³-hybridized carbons (Fsp3) is 0.480. The van der Waals surface area contributed by atoms with Crippen LogP contribution in [-0.4, -0.2) is 42.0 Å². The van der Waals surface area contributed by atoms with Gasteiger partial charge in [0.05, 0.1) is 25.5 Å². The molecule has 2 aromatic rings. The minimum Gasteiger partial charge on any atom is -0.498 e. The molecule has 0 amide bonds. The molecule has 4 heterocycles. The van der Waals surface area contributed by atoms with Crippen molar-refractivity contribution in [3.05, 3.63) is 53.4 Å². The Morgan fingerprint density at radius 2 is 2.23 bits per heavy atom. The fourth-order valence-corrected chi connectivity index (χ4v) is 5.44. The van der Waals surface area contributed by atoms with Gasteiger partial charge < -0.3 is 14.5 Å². The molecule has 1 aromatic heterocycles. The van der Waals surface area contributed by atoms with Gasteiger partial charge in [-0.2, -0.15) is 0 Å². The quantitative estimate of drug-likeness (QED) is 0.645. The second-order valence-corrected chi connectivity index (χ2v) is 8.60. The Hall–Kier alpha value is -2.53. The van der Waals surface area contributed by atoms with E-state index in [-0.39, 0.29) is 25.0 Å². The van der Waals surface area contributed by atoms with Crippen molar-refractivity contribution < 1.29 is 20.0 Å². The first kappa shape index (κ1) is 20.7. The number of hydrogen-bond acceptors (Lipinski definition) is 4. The summed E-state index contributed by atoms with van der Waals surface area (Å²) in [6.45, 7) is 5.87. The lowest BCUT2D eigenvalue weighted by Gasteiger charge is -2.49. The smallest absolute Gasteiger partial charge is 0.152 e. The van der Waals surface area contributed by atoms with Crippen LogP contribution in [0, 0.1) is 11.8 Å². The number of benzene rings is 1.